The van der Waals surface area contributed by atoms with Crippen LogP contribution in [0.2, 0.25) is 4.34 Å². The molecule has 0 aliphatic heterocycles. The summed E-state index contributed by atoms with van der Waals surface area (Å²) < 4.78 is 0.605. The van der Waals surface area contributed by atoms with Crippen LogP contribution in [-0.2, 0) is 0 Å². The smallest absolute Gasteiger partial charge is 0.319 e. The van der Waals surface area contributed by atoms with Gasteiger partial charge in [-0.3, -0.25) is 5.32 Å². The van der Waals surface area contributed by atoms with Gasteiger partial charge in [0.15, 0.2) is 5.13 Å². The summed E-state index contributed by atoms with van der Waals surface area (Å²) in [5, 5.41) is 3.52. The van der Waals surface area contributed by atoms with E-state index in [9.17, 15) is 4.79 Å². The third-order valence-corrected chi connectivity index (χ3v) is 5.39. The van der Waals surface area contributed by atoms with Crippen molar-refractivity contribution in [2.45, 2.75) is 63.5 Å². The molecule has 3 rings (SSSR count). The van der Waals surface area contributed by atoms with Crippen molar-refractivity contribution < 1.29 is 4.79 Å². The molecule has 2 saturated carbocycles. The van der Waals surface area contributed by atoms with Crippen molar-refractivity contribution in [3.63, 3.8) is 0 Å². The van der Waals surface area contributed by atoms with Crippen LogP contribution < -0.4 is 5.32 Å². The highest BCUT2D eigenvalue weighted by molar-refractivity contribution is 7.19. The summed E-state index contributed by atoms with van der Waals surface area (Å²) in [5.74, 6) is 0. The molecule has 0 unspecified atom stereocenters. The van der Waals surface area contributed by atoms with Gasteiger partial charge in [0.2, 0.25) is 0 Å². The number of anilines is 1. The molecule has 1 aromatic rings. The number of carbonyl (C=O) groups is 1. The summed E-state index contributed by atoms with van der Waals surface area (Å²) >= 11 is 7.18. The topological polar surface area (TPSA) is 45.2 Å². The van der Waals surface area contributed by atoms with E-state index in [0.29, 0.717) is 21.6 Å². The molecule has 0 aromatic carbocycles. The minimum atomic E-state index is 0.00909. The van der Waals surface area contributed by atoms with E-state index in [-0.39, 0.29) is 6.03 Å². The molecule has 2 aliphatic rings. The SMILES string of the molecule is O=C(Nc1ncc(Cl)s1)N(C1CCCC1)C1CCCC1. The molecule has 20 heavy (non-hydrogen) atoms. The number of nitrogens with one attached hydrogen (secondary N) is 1. The first-order valence-electron chi connectivity index (χ1n) is 7.44. The van der Waals surface area contributed by atoms with Gasteiger partial charge in [0.25, 0.3) is 0 Å². The maximum absolute atomic E-state index is 12.6. The van der Waals surface area contributed by atoms with E-state index < -0.39 is 0 Å². The summed E-state index contributed by atoms with van der Waals surface area (Å²) in [5.41, 5.74) is 0. The summed E-state index contributed by atoms with van der Waals surface area (Å²) in [6, 6.07) is 0.830. The molecular formula is C14H20ClN3OS. The van der Waals surface area contributed by atoms with Crippen LogP contribution in [0, 0.1) is 0 Å². The summed E-state index contributed by atoms with van der Waals surface area (Å²) in [6.07, 6.45) is 11.1. The standard InChI is InChI=1S/C14H20ClN3OS/c15-12-9-16-13(20-12)17-14(19)18(10-5-1-2-6-10)11-7-3-4-8-11/h9-11H,1-8H2,(H,16,17,19). The molecule has 2 amide bonds. The molecule has 6 heteroatoms. The third kappa shape index (κ3) is 3.09. The van der Waals surface area contributed by atoms with Gasteiger partial charge < -0.3 is 4.90 Å². The lowest BCUT2D eigenvalue weighted by Gasteiger charge is -2.34. The molecule has 0 bridgehead atoms. The Balaban J connectivity index is 1.71. The summed E-state index contributed by atoms with van der Waals surface area (Å²) in [4.78, 5) is 18.9. The molecule has 2 fully saturated rings. The van der Waals surface area contributed by atoms with Crippen LogP contribution in [0.15, 0.2) is 6.20 Å². The first-order valence-corrected chi connectivity index (χ1v) is 8.64. The number of thiazole rings is 1. The molecule has 0 atom stereocenters. The summed E-state index contributed by atoms with van der Waals surface area (Å²) in [6.45, 7) is 0. The van der Waals surface area contributed by atoms with Crippen molar-refractivity contribution in [1.82, 2.24) is 9.88 Å². The highest BCUT2D eigenvalue weighted by Gasteiger charge is 2.34. The zero-order valence-corrected chi connectivity index (χ0v) is 13.1. The lowest BCUT2D eigenvalue weighted by Crippen LogP contribution is -2.47. The molecule has 1 N–H and O–H groups in total. The lowest BCUT2D eigenvalue weighted by atomic mass is 10.1. The van der Waals surface area contributed by atoms with Crippen molar-refractivity contribution in [2.75, 3.05) is 5.32 Å². The molecule has 110 valence electrons. The normalized spacial score (nSPS) is 20.4. The third-order valence-electron chi connectivity index (χ3n) is 4.36. The molecule has 4 nitrogen and oxygen atoms in total. The van der Waals surface area contributed by atoms with Crippen molar-refractivity contribution in [3.8, 4) is 0 Å². The second-order valence-electron chi connectivity index (χ2n) is 5.68. The fraction of sp³-hybridized carbons (Fsp3) is 0.714. The number of hydrogen-bond acceptors (Lipinski definition) is 3. The summed E-state index contributed by atoms with van der Waals surface area (Å²) in [7, 11) is 0. The van der Waals surface area contributed by atoms with Crippen LogP contribution in [0.4, 0.5) is 9.93 Å². The van der Waals surface area contributed by atoms with Gasteiger partial charge in [0.1, 0.15) is 4.34 Å². The van der Waals surface area contributed by atoms with E-state index in [4.69, 9.17) is 11.6 Å². The predicted octanol–water partition coefficient (Wildman–Crippen LogP) is 4.52. The number of rotatable bonds is 3. The zero-order valence-electron chi connectivity index (χ0n) is 11.5. The number of urea groups is 1. The number of nitrogens with zero attached hydrogens (tertiary/aromatic N) is 2. The van der Waals surface area contributed by atoms with Gasteiger partial charge in [-0.2, -0.15) is 0 Å². The van der Waals surface area contributed by atoms with Gasteiger partial charge in [-0.1, -0.05) is 48.6 Å². The number of aromatic nitrogens is 1. The Kier molecular flexibility index (Phi) is 4.46. The van der Waals surface area contributed by atoms with Crippen LogP contribution in [0.3, 0.4) is 0 Å². The Hall–Kier alpha value is -0.810. The number of carbonyl (C=O) groups excluding carboxylic acids is 1. The van der Waals surface area contributed by atoms with Crippen LogP contribution in [0.25, 0.3) is 0 Å². The molecule has 1 aromatic heterocycles. The quantitative estimate of drug-likeness (QED) is 0.892. The van der Waals surface area contributed by atoms with Crippen molar-refractivity contribution >= 4 is 34.1 Å². The van der Waals surface area contributed by atoms with Gasteiger partial charge in [-0.15, -0.1) is 0 Å². The van der Waals surface area contributed by atoms with E-state index >= 15 is 0 Å². The molecule has 2 aliphatic carbocycles. The Labute approximate surface area is 128 Å². The van der Waals surface area contributed by atoms with Gasteiger partial charge in [0, 0.05) is 12.1 Å². The predicted molar refractivity (Wildman–Crippen MR) is 82.5 cm³/mol. The van der Waals surface area contributed by atoms with Gasteiger partial charge in [-0.05, 0) is 25.7 Å². The Morgan fingerprint density at radius 3 is 2.20 bits per heavy atom. The molecule has 0 saturated heterocycles. The van der Waals surface area contributed by atoms with Crippen LogP contribution in [-0.4, -0.2) is 28.0 Å². The zero-order chi connectivity index (χ0) is 13.9. The number of hydrogen-bond donors (Lipinski definition) is 1. The van der Waals surface area contributed by atoms with E-state index in [1.807, 2.05) is 0 Å². The van der Waals surface area contributed by atoms with E-state index in [1.54, 1.807) is 6.20 Å². The second kappa shape index (κ2) is 6.31. The van der Waals surface area contributed by atoms with E-state index in [0.717, 1.165) is 25.7 Å². The highest BCUT2D eigenvalue weighted by atomic mass is 35.5. The monoisotopic (exact) mass is 313 g/mol. The average molecular weight is 314 g/mol. The van der Waals surface area contributed by atoms with Gasteiger partial charge in [0.05, 0.1) is 6.20 Å². The molecule has 1 heterocycles. The van der Waals surface area contributed by atoms with Crippen molar-refractivity contribution in [1.29, 1.82) is 0 Å². The van der Waals surface area contributed by atoms with Crippen molar-refractivity contribution in [3.05, 3.63) is 10.5 Å². The van der Waals surface area contributed by atoms with Crippen LogP contribution in [0.1, 0.15) is 51.4 Å². The van der Waals surface area contributed by atoms with Crippen LogP contribution >= 0.6 is 22.9 Å². The first-order chi connectivity index (χ1) is 9.74. The maximum Gasteiger partial charge on any atom is 0.324 e. The van der Waals surface area contributed by atoms with E-state index in [2.05, 4.69) is 15.2 Å². The minimum absolute atomic E-state index is 0.00909. The van der Waals surface area contributed by atoms with Gasteiger partial charge >= 0.3 is 6.03 Å². The fourth-order valence-electron chi connectivity index (χ4n) is 3.46. The van der Waals surface area contributed by atoms with Gasteiger partial charge in [-0.25, -0.2) is 9.78 Å². The van der Waals surface area contributed by atoms with E-state index in [1.165, 1.54) is 37.0 Å². The Bertz CT molecular complexity index is 451. The maximum atomic E-state index is 12.6. The Morgan fingerprint density at radius 1 is 1.20 bits per heavy atom. The first kappa shape index (κ1) is 14.1. The number of amides is 2. The van der Waals surface area contributed by atoms with Crippen LogP contribution in [0.5, 0.6) is 0 Å². The minimum Gasteiger partial charge on any atom is -0.319 e. The highest BCUT2D eigenvalue weighted by Crippen LogP contribution is 2.32. The fourth-order valence-corrected chi connectivity index (χ4v) is 4.26. The largest absolute Gasteiger partial charge is 0.324 e. The number of halogens is 1. The average Bonchev–Trinajstić information content (AvgIpc) is 3.13. The molecular weight excluding hydrogens is 294 g/mol. The molecule has 0 radical (unpaired) electrons. The van der Waals surface area contributed by atoms with Crippen molar-refractivity contribution in [2.24, 2.45) is 0 Å². The molecule has 0 spiro atoms. The second-order valence-corrected chi connectivity index (χ2v) is 7.35. The Morgan fingerprint density at radius 2 is 1.75 bits per heavy atom. The lowest BCUT2D eigenvalue weighted by molar-refractivity contribution is 0.157.